The molecule has 2 heterocycles. The molecule has 1 atom stereocenters. The van der Waals surface area contributed by atoms with Gasteiger partial charge in [0.1, 0.15) is 11.4 Å². The van der Waals surface area contributed by atoms with E-state index in [9.17, 15) is 23.1 Å². The number of ether oxygens (including phenoxy) is 1. The van der Waals surface area contributed by atoms with Gasteiger partial charge in [-0.1, -0.05) is 23.7 Å². The third kappa shape index (κ3) is 4.06. The highest BCUT2D eigenvalue weighted by Crippen LogP contribution is 2.47. The number of urea groups is 1. The molecule has 2 aromatic rings. The molecule has 160 valence electrons. The van der Waals surface area contributed by atoms with Gasteiger partial charge < -0.3 is 20.1 Å². The summed E-state index contributed by atoms with van der Waals surface area (Å²) in [6, 6.07) is 9.18. The lowest BCUT2D eigenvalue weighted by Gasteiger charge is -2.46. The van der Waals surface area contributed by atoms with Crippen LogP contribution in [0, 0.1) is 0 Å². The molecular formula is C21H20ClF3N2O3. The second-order valence-electron chi connectivity index (χ2n) is 7.66. The summed E-state index contributed by atoms with van der Waals surface area (Å²) in [4.78, 5) is 14.1. The summed E-state index contributed by atoms with van der Waals surface area (Å²) in [6.45, 7) is 0.776. The molecule has 9 heteroatoms. The summed E-state index contributed by atoms with van der Waals surface area (Å²) < 4.78 is 44.2. The van der Waals surface area contributed by atoms with E-state index in [-0.39, 0.29) is 6.03 Å². The summed E-state index contributed by atoms with van der Waals surface area (Å²) >= 11 is 6.24. The summed E-state index contributed by atoms with van der Waals surface area (Å²) in [7, 11) is 0. The highest BCUT2D eigenvalue weighted by atomic mass is 35.5. The number of carbonyl (C=O) groups excluding carboxylic acids is 1. The topological polar surface area (TPSA) is 61.8 Å². The monoisotopic (exact) mass is 440 g/mol. The van der Waals surface area contributed by atoms with Gasteiger partial charge in [0.25, 0.3) is 0 Å². The minimum absolute atomic E-state index is 0.290. The van der Waals surface area contributed by atoms with Gasteiger partial charge in [-0.3, -0.25) is 0 Å². The molecule has 0 aliphatic carbocycles. The largest absolute Gasteiger partial charge is 0.485 e. The number of rotatable bonds is 1. The van der Waals surface area contributed by atoms with Crippen LogP contribution in [0.5, 0.6) is 5.75 Å². The van der Waals surface area contributed by atoms with Gasteiger partial charge in [-0.15, -0.1) is 0 Å². The average molecular weight is 441 g/mol. The number of anilines is 1. The maximum absolute atomic E-state index is 12.7. The lowest BCUT2D eigenvalue weighted by atomic mass is 9.82. The maximum Gasteiger partial charge on any atom is 0.416 e. The fourth-order valence-corrected chi connectivity index (χ4v) is 4.21. The predicted molar refractivity (Wildman–Crippen MR) is 106 cm³/mol. The number of para-hydroxylation sites is 1. The van der Waals surface area contributed by atoms with E-state index in [0.717, 1.165) is 12.1 Å². The van der Waals surface area contributed by atoms with E-state index in [1.54, 1.807) is 23.1 Å². The normalized spacial score (nSPS) is 20.4. The molecule has 0 radical (unpaired) electrons. The number of hydrogen-bond acceptors (Lipinski definition) is 3. The number of nitrogens with zero attached hydrogens (tertiary/aromatic N) is 1. The van der Waals surface area contributed by atoms with Gasteiger partial charge in [0.15, 0.2) is 0 Å². The van der Waals surface area contributed by atoms with Gasteiger partial charge >= 0.3 is 12.2 Å². The number of hydrogen-bond donors (Lipinski definition) is 2. The fourth-order valence-electron chi connectivity index (χ4n) is 3.98. The number of piperidine rings is 1. The van der Waals surface area contributed by atoms with E-state index in [0.29, 0.717) is 54.4 Å². The minimum atomic E-state index is -4.42. The second kappa shape index (κ2) is 7.67. The molecule has 1 spiro atoms. The Hall–Kier alpha value is -2.45. The van der Waals surface area contributed by atoms with Crippen molar-refractivity contribution in [2.45, 2.75) is 37.1 Å². The van der Waals surface area contributed by atoms with Crippen molar-refractivity contribution in [2.24, 2.45) is 0 Å². The Balaban J connectivity index is 1.39. The Morgan fingerprint density at radius 1 is 1.17 bits per heavy atom. The zero-order valence-electron chi connectivity index (χ0n) is 15.9. The van der Waals surface area contributed by atoms with Crippen LogP contribution in [0.1, 0.15) is 36.5 Å². The van der Waals surface area contributed by atoms with Gasteiger partial charge in [-0.25, -0.2) is 4.79 Å². The van der Waals surface area contributed by atoms with Crippen molar-refractivity contribution < 1.29 is 27.8 Å². The Bertz CT molecular complexity index is 942. The number of nitrogens with one attached hydrogen (secondary N) is 1. The fraction of sp³-hybridized carbons (Fsp3) is 0.381. The third-order valence-electron chi connectivity index (χ3n) is 5.67. The molecule has 30 heavy (non-hydrogen) atoms. The molecule has 1 saturated heterocycles. The van der Waals surface area contributed by atoms with Gasteiger partial charge in [0, 0.05) is 43.6 Å². The SMILES string of the molecule is O=C(Nc1ccc(C(F)(F)F)cc1)N1CCC2(CC1)CC(O)c1cccc(Cl)c1O2. The van der Waals surface area contributed by atoms with Gasteiger partial charge in [0.05, 0.1) is 16.7 Å². The number of aliphatic hydroxyl groups excluding tert-OH is 1. The summed E-state index contributed by atoms with van der Waals surface area (Å²) in [6.07, 6.45) is -3.69. The number of carbonyl (C=O) groups is 1. The number of halogens is 4. The van der Waals surface area contributed by atoms with E-state index < -0.39 is 23.4 Å². The van der Waals surface area contributed by atoms with Crippen molar-refractivity contribution in [1.82, 2.24) is 4.90 Å². The van der Waals surface area contributed by atoms with E-state index in [1.807, 2.05) is 0 Å². The molecule has 4 rings (SSSR count). The van der Waals surface area contributed by atoms with Crippen molar-refractivity contribution in [3.63, 3.8) is 0 Å². The number of benzene rings is 2. The van der Waals surface area contributed by atoms with Crippen molar-refractivity contribution in [1.29, 1.82) is 0 Å². The lowest BCUT2D eigenvalue weighted by Crippen LogP contribution is -2.52. The van der Waals surface area contributed by atoms with Crippen molar-refractivity contribution in [3.8, 4) is 5.75 Å². The van der Waals surface area contributed by atoms with Crippen molar-refractivity contribution >= 4 is 23.3 Å². The average Bonchev–Trinajstić information content (AvgIpc) is 2.69. The Labute approximate surface area is 176 Å². The van der Waals surface area contributed by atoms with E-state index in [4.69, 9.17) is 16.3 Å². The van der Waals surface area contributed by atoms with E-state index in [2.05, 4.69) is 5.32 Å². The molecule has 0 saturated carbocycles. The standard InChI is InChI=1S/C21H20ClF3N2O3/c22-16-3-1-2-15-17(28)12-20(30-18(15)16)8-10-27(11-9-20)19(29)26-14-6-4-13(5-7-14)21(23,24)25/h1-7,17,28H,8-12H2,(H,26,29). The first-order chi connectivity index (χ1) is 14.2. The second-order valence-corrected chi connectivity index (χ2v) is 8.06. The molecule has 2 aliphatic heterocycles. The Morgan fingerprint density at radius 2 is 1.83 bits per heavy atom. The predicted octanol–water partition coefficient (Wildman–Crippen LogP) is 5.24. The van der Waals surface area contributed by atoms with Crippen LogP contribution in [0.25, 0.3) is 0 Å². The number of aliphatic hydroxyl groups is 1. The molecule has 0 bridgehead atoms. The number of amides is 2. The highest BCUT2D eigenvalue weighted by Gasteiger charge is 2.44. The first-order valence-electron chi connectivity index (χ1n) is 9.56. The molecule has 1 fully saturated rings. The van der Waals surface area contributed by atoms with Crippen LogP contribution < -0.4 is 10.1 Å². The van der Waals surface area contributed by atoms with E-state index >= 15 is 0 Å². The van der Waals surface area contributed by atoms with Crippen LogP contribution >= 0.6 is 11.6 Å². The number of likely N-dealkylation sites (tertiary alicyclic amines) is 1. The molecule has 2 amide bonds. The van der Waals surface area contributed by atoms with Crippen molar-refractivity contribution in [3.05, 3.63) is 58.6 Å². The van der Waals surface area contributed by atoms with E-state index in [1.165, 1.54) is 12.1 Å². The molecule has 0 aromatic heterocycles. The Kier molecular flexibility index (Phi) is 5.32. The third-order valence-corrected chi connectivity index (χ3v) is 5.96. The molecule has 1 unspecified atom stereocenters. The summed E-state index contributed by atoms with van der Waals surface area (Å²) in [5.41, 5.74) is -0.427. The molecule has 5 nitrogen and oxygen atoms in total. The quantitative estimate of drug-likeness (QED) is 0.637. The first kappa shape index (κ1) is 20.8. The maximum atomic E-state index is 12.7. The number of alkyl halides is 3. The summed E-state index contributed by atoms with van der Waals surface area (Å²) in [5.74, 6) is 0.487. The smallest absolute Gasteiger partial charge is 0.416 e. The van der Waals surface area contributed by atoms with Gasteiger partial charge in [-0.05, 0) is 30.3 Å². The van der Waals surface area contributed by atoms with Crippen LogP contribution in [0.2, 0.25) is 5.02 Å². The van der Waals surface area contributed by atoms with Gasteiger partial charge in [0.2, 0.25) is 0 Å². The van der Waals surface area contributed by atoms with Crippen LogP contribution in [-0.4, -0.2) is 34.7 Å². The summed E-state index contributed by atoms with van der Waals surface area (Å²) in [5, 5.41) is 13.6. The van der Waals surface area contributed by atoms with Gasteiger partial charge in [-0.2, -0.15) is 13.2 Å². The van der Waals surface area contributed by atoms with Crippen LogP contribution in [0.15, 0.2) is 42.5 Å². The molecule has 2 aromatic carbocycles. The lowest BCUT2D eigenvalue weighted by molar-refractivity contribution is -0.137. The van der Waals surface area contributed by atoms with Crippen LogP contribution in [0.4, 0.5) is 23.7 Å². The first-order valence-corrected chi connectivity index (χ1v) is 9.93. The van der Waals surface area contributed by atoms with Crippen LogP contribution in [0.3, 0.4) is 0 Å². The number of fused-ring (bicyclic) bond motifs is 1. The highest BCUT2D eigenvalue weighted by molar-refractivity contribution is 6.32. The van der Waals surface area contributed by atoms with Crippen molar-refractivity contribution in [2.75, 3.05) is 18.4 Å². The Morgan fingerprint density at radius 3 is 2.47 bits per heavy atom. The zero-order chi connectivity index (χ0) is 21.5. The zero-order valence-corrected chi connectivity index (χ0v) is 16.6. The molecule has 2 aliphatic rings. The van der Waals surface area contributed by atoms with Crippen LogP contribution in [-0.2, 0) is 6.18 Å². The molecule has 2 N–H and O–H groups in total. The minimum Gasteiger partial charge on any atom is -0.485 e. The molecular weight excluding hydrogens is 421 g/mol.